The SMILES string of the molecule is C[C@@H](Oc1ccc(Oc2ncc(Cl)cc2F)cc1)C(=O)O.C[C@H](OC(=O)c1cc(Oc2ccc(C(F)(F)F)cc2Cl)ccc1Cl)C(=O)O.O=C(O)COc1ccc(Cl)c2cccnc12. The summed E-state index contributed by atoms with van der Waals surface area (Å²) in [4.78, 5) is 51.7. The van der Waals surface area contributed by atoms with E-state index in [-0.39, 0.29) is 38.0 Å². The van der Waals surface area contributed by atoms with Crippen LogP contribution in [0.15, 0.2) is 103 Å². The van der Waals surface area contributed by atoms with Gasteiger partial charge in [0.15, 0.2) is 24.6 Å². The third-order valence-electron chi connectivity index (χ3n) is 7.78. The third kappa shape index (κ3) is 14.8. The topological polar surface area (TPSA) is 201 Å². The molecule has 336 valence electrons. The number of fused-ring (bicyclic) bond motifs is 1. The molecule has 6 rings (SSSR count). The van der Waals surface area contributed by atoms with E-state index in [1.54, 1.807) is 30.5 Å². The molecular weight excluding hydrogens is 942 g/mol. The number of rotatable bonds is 13. The predicted octanol–water partition coefficient (Wildman–Crippen LogP) is 11.3. The lowest BCUT2D eigenvalue weighted by molar-refractivity contribution is -0.146. The molecule has 0 aliphatic carbocycles. The summed E-state index contributed by atoms with van der Waals surface area (Å²) in [5, 5.41) is 27.2. The number of carbonyl (C=O) groups is 4. The molecule has 0 spiro atoms. The first kappa shape index (κ1) is 50.0. The average Bonchev–Trinajstić information content (AvgIpc) is 3.23. The van der Waals surface area contributed by atoms with Gasteiger partial charge in [-0.05, 0) is 105 Å². The van der Waals surface area contributed by atoms with E-state index >= 15 is 0 Å². The van der Waals surface area contributed by atoms with Crippen molar-refractivity contribution < 1.29 is 75.7 Å². The molecule has 6 aromatic rings. The standard InChI is InChI=1S/C17H11Cl2F3O5.C14H11ClFNO4.C11H8ClNO3/c1-8(15(23)24)26-16(25)11-7-10(3-4-12(11)18)27-14-5-2-9(6-13(14)19)17(20,21)22;1-8(14(18)19)20-10-2-4-11(5-3-10)21-13-12(16)6-9(15)7-17-13;12-8-3-4-9(16-6-10(14)15)11-7(8)2-1-5-13-11/h2-8H,1H3,(H,23,24);2-8H,1H3,(H,18,19);1-5H,6H2,(H,14,15)/t2*8-;/m01./s1. The van der Waals surface area contributed by atoms with Crippen LogP contribution in [0.1, 0.15) is 29.8 Å². The zero-order chi connectivity index (χ0) is 47.3. The Balaban J connectivity index is 0.000000217. The van der Waals surface area contributed by atoms with Gasteiger partial charge in [0.05, 0.1) is 31.2 Å². The maximum atomic E-state index is 13.5. The maximum absolute atomic E-state index is 13.5. The fourth-order valence-electron chi connectivity index (χ4n) is 4.68. The number of hydrogen-bond donors (Lipinski definition) is 3. The van der Waals surface area contributed by atoms with Gasteiger partial charge in [0.1, 0.15) is 34.3 Å². The number of aromatic nitrogens is 2. The van der Waals surface area contributed by atoms with E-state index in [2.05, 4.69) is 9.97 Å². The number of carboxylic acids is 3. The number of aliphatic carboxylic acids is 3. The molecular formula is C42H30Cl4F4N2O12. The van der Waals surface area contributed by atoms with Gasteiger partial charge in [0.25, 0.3) is 5.88 Å². The molecule has 2 heterocycles. The highest BCUT2D eigenvalue weighted by atomic mass is 35.5. The molecule has 0 saturated carbocycles. The Morgan fingerprint density at radius 1 is 0.703 bits per heavy atom. The van der Waals surface area contributed by atoms with Gasteiger partial charge in [-0.3, -0.25) is 4.98 Å². The van der Waals surface area contributed by atoms with Crippen molar-refractivity contribution in [1.82, 2.24) is 9.97 Å². The van der Waals surface area contributed by atoms with Gasteiger partial charge in [-0.2, -0.15) is 13.2 Å². The van der Waals surface area contributed by atoms with Gasteiger partial charge in [-0.1, -0.05) is 46.4 Å². The largest absolute Gasteiger partial charge is 0.480 e. The van der Waals surface area contributed by atoms with E-state index in [9.17, 15) is 36.7 Å². The highest BCUT2D eigenvalue weighted by Crippen LogP contribution is 2.37. The molecule has 3 N–H and O–H groups in total. The van der Waals surface area contributed by atoms with Gasteiger partial charge in [-0.25, -0.2) is 28.6 Å². The zero-order valence-electron chi connectivity index (χ0n) is 32.6. The maximum Gasteiger partial charge on any atom is 0.416 e. The van der Waals surface area contributed by atoms with E-state index in [4.69, 9.17) is 85.4 Å². The van der Waals surface area contributed by atoms with Crippen LogP contribution in [0.3, 0.4) is 0 Å². The molecule has 0 radical (unpaired) electrons. The van der Waals surface area contributed by atoms with Crippen molar-refractivity contribution in [2.45, 2.75) is 32.2 Å². The summed E-state index contributed by atoms with van der Waals surface area (Å²) >= 11 is 23.3. The molecule has 0 amide bonds. The summed E-state index contributed by atoms with van der Waals surface area (Å²) in [7, 11) is 0. The minimum atomic E-state index is -4.56. The number of nitrogens with zero attached hydrogens (tertiary/aromatic N) is 2. The molecule has 0 unspecified atom stereocenters. The molecule has 22 heteroatoms. The molecule has 2 atom stereocenters. The predicted molar refractivity (Wildman–Crippen MR) is 224 cm³/mol. The summed E-state index contributed by atoms with van der Waals surface area (Å²) in [6.45, 7) is 2.18. The summed E-state index contributed by atoms with van der Waals surface area (Å²) < 4.78 is 77.2. The summed E-state index contributed by atoms with van der Waals surface area (Å²) in [5.41, 5.74) is -0.551. The first-order chi connectivity index (χ1) is 30.1. The number of ether oxygens (including phenoxy) is 5. The quantitative estimate of drug-likeness (QED) is 0.0729. The lowest BCUT2D eigenvalue weighted by Gasteiger charge is -2.13. The van der Waals surface area contributed by atoms with Crippen LogP contribution >= 0.6 is 46.4 Å². The second-order valence-electron chi connectivity index (χ2n) is 12.5. The summed E-state index contributed by atoms with van der Waals surface area (Å²) in [6, 6.07) is 20.3. The average molecular weight is 973 g/mol. The van der Waals surface area contributed by atoms with Crippen molar-refractivity contribution in [3.63, 3.8) is 0 Å². The number of pyridine rings is 2. The minimum Gasteiger partial charge on any atom is -0.480 e. The summed E-state index contributed by atoms with van der Waals surface area (Å²) in [6.07, 6.45) is -4.05. The number of esters is 1. The van der Waals surface area contributed by atoms with Crippen LogP contribution in [0.4, 0.5) is 17.6 Å². The first-order valence-electron chi connectivity index (χ1n) is 17.8. The fraction of sp³-hybridized carbons (Fsp3) is 0.143. The Bertz CT molecular complexity index is 2640. The fourth-order valence-corrected chi connectivity index (χ4v) is 5.46. The van der Waals surface area contributed by atoms with Crippen molar-refractivity contribution >= 4 is 81.2 Å². The molecule has 4 aromatic carbocycles. The Morgan fingerprint density at radius 2 is 1.33 bits per heavy atom. The van der Waals surface area contributed by atoms with Crippen molar-refractivity contribution in [3.05, 3.63) is 140 Å². The van der Waals surface area contributed by atoms with Crippen LogP contribution in [0.5, 0.6) is 34.6 Å². The van der Waals surface area contributed by atoms with Crippen LogP contribution < -0.4 is 18.9 Å². The molecule has 0 saturated heterocycles. The van der Waals surface area contributed by atoms with Crippen LogP contribution in [0, 0.1) is 5.82 Å². The van der Waals surface area contributed by atoms with Crippen molar-refractivity contribution in [2.75, 3.05) is 6.61 Å². The Labute approximate surface area is 379 Å². The highest BCUT2D eigenvalue weighted by Gasteiger charge is 2.31. The summed E-state index contributed by atoms with van der Waals surface area (Å²) in [5.74, 6) is -4.25. The zero-order valence-corrected chi connectivity index (χ0v) is 35.6. The minimum absolute atomic E-state index is 0.0246. The van der Waals surface area contributed by atoms with Crippen LogP contribution in [0.2, 0.25) is 20.1 Å². The Kier molecular flexibility index (Phi) is 17.7. The molecule has 0 aliphatic rings. The van der Waals surface area contributed by atoms with Crippen LogP contribution in [-0.2, 0) is 25.3 Å². The number of benzene rings is 4. The van der Waals surface area contributed by atoms with Crippen molar-refractivity contribution in [1.29, 1.82) is 0 Å². The number of hydrogen-bond acceptors (Lipinski definition) is 11. The molecule has 64 heavy (non-hydrogen) atoms. The van der Waals surface area contributed by atoms with Crippen molar-refractivity contribution in [3.8, 4) is 34.6 Å². The van der Waals surface area contributed by atoms with E-state index in [0.29, 0.717) is 33.9 Å². The van der Waals surface area contributed by atoms with Gasteiger partial charge in [0, 0.05) is 17.8 Å². The van der Waals surface area contributed by atoms with Crippen LogP contribution in [-0.4, -0.2) is 68.0 Å². The molecule has 2 aromatic heterocycles. The van der Waals surface area contributed by atoms with E-state index in [1.807, 2.05) is 0 Å². The smallest absolute Gasteiger partial charge is 0.416 e. The van der Waals surface area contributed by atoms with E-state index < -0.39 is 60.2 Å². The molecule has 0 bridgehead atoms. The Morgan fingerprint density at radius 3 is 1.94 bits per heavy atom. The van der Waals surface area contributed by atoms with Gasteiger partial charge < -0.3 is 39.0 Å². The van der Waals surface area contributed by atoms with Gasteiger partial charge in [0.2, 0.25) is 0 Å². The lowest BCUT2D eigenvalue weighted by Crippen LogP contribution is -2.23. The second-order valence-corrected chi connectivity index (χ2v) is 14.2. The number of alkyl halides is 3. The normalized spacial score (nSPS) is 11.7. The van der Waals surface area contributed by atoms with E-state index in [1.165, 1.54) is 49.5 Å². The first-order valence-corrected chi connectivity index (χ1v) is 19.3. The second kappa shape index (κ2) is 22.7. The lowest BCUT2D eigenvalue weighted by atomic mass is 10.2. The number of halogens is 8. The Hall–Kier alpha value is -6.60. The highest BCUT2D eigenvalue weighted by molar-refractivity contribution is 6.35. The molecule has 0 fully saturated rings. The van der Waals surface area contributed by atoms with E-state index in [0.717, 1.165) is 36.6 Å². The number of carbonyl (C=O) groups excluding carboxylic acids is 1. The third-order valence-corrected chi connectivity index (χ3v) is 8.94. The van der Waals surface area contributed by atoms with Crippen LogP contribution in [0.25, 0.3) is 10.9 Å². The molecule has 14 nitrogen and oxygen atoms in total. The monoisotopic (exact) mass is 970 g/mol. The van der Waals surface area contributed by atoms with Gasteiger partial charge in [-0.15, -0.1) is 0 Å². The molecule has 0 aliphatic heterocycles. The van der Waals surface area contributed by atoms with Gasteiger partial charge >= 0.3 is 30.1 Å². The van der Waals surface area contributed by atoms with Crippen molar-refractivity contribution in [2.24, 2.45) is 0 Å². The number of carboxylic acid groups (broad SMARTS) is 3.